The quantitative estimate of drug-likeness (QED) is 0.313. The van der Waals surface area contributed by atoms with Crippen LogP contribution in [0.2, 0.25) is 10.0 Å². The van der Waals surface area contributed by atoms with Gasteiger partial charge < -0.3 is 30.0 Å². The normalized spacial score (nSPS) is 18.4. The van der Waals surface area contributed by atoms with Gasteiger partial charge in [0.25, 0.3) is 11.8 Å². The summed E-state index contributed by atoms with van der Waals surface area (Å²) in [5, 5.41) is 16.0. The second-order valence-electron chi connectivity index (χ2n) is 9.86. The number of carboxylic acid groups (broad SMARTS) is 1. The maximum absolute atomic E-state index is 13.0. The summed E-state index contributed by atoms with van der Waals surface area (Å²) in [5.41, 5.74) is 4.37. The Kier molecular flexibility index (Phi) is 9.09. The van der Waals surface area contributed by atoms with E-state index in [9.17, 15) is 19.5 Å². The number of fused-ring (bicyclic) bond motifs is 1. The summed E-state index contributed by atoms with van der Waals surface area (Å²) >= 11 is 12.4. The molecule has 3 atom stereocenters. The van der Waals surface area contributed by atoms with E-state index in [-0.39, 0.29) is 19.8 Å². The summed E-state index contributed by atoms with van der Waals surface area (Å²) in [6.45, 7) is -0.102. The number of carboxylic acids is 1. The molecule has 1 aliphatic heterocycles. The van der Waals surface area contributed by atoms with Crippen molar-refractivity contribution < 1.29 is 33.7 Å². The van der Waals surface area contributed by atoms with Crippen LogP contribution < -0.4 is 15.4 Å². The summed E-state index contributed by atoms with van der Waals surface area (Å²) < 4.78 is 16.5. The molecule has 9 nitrogen and oxygen atoms in total. The van der Waals surface area contributed by atoms with Crippen LogP contribution in [0, 0.1) is 0 Å². The standard InChI is InChI=1S/C30H28Cl2N2O7/c31-23-5-2-6-24(32)22(23)15-39-21-11-7-17(8-12-21)13-25(30(37)38)34-29(36)27-26(40-16-41-27)28(35)33-20-10-9-18-3-1-4-19(18)14-20/h2,5-12,14,25-27H,1,3-4,13,15-16H2,(H,33,35)(H,34,36)(H,37,38). The molecule has 1 aliphatic carbocycles. The van der Waals surface area contributed by atoms with Gasteiger partial charge in [0.05, 0.1) is 0 Å². The third-order valence-electron chi connectivity index (χ3n) is 7.08. The number of halogens is 2. The fraction of sp³-hybridized carbons (Fsp3) is 0.300. The molecule has 1 saturated heterocycles. The van der Waals surface area contributed by atoms with Gasteiger partial charge >= 0.3 is 5.97 Å². The summed E-state index contributed by atoms with van der Waals surface area (Å²) in [6.07, 6.45) is 0.538. The molecule has 3 unspecified atom stereocenters. The molecule has 0 bridgehead atoms. The molecule has 3 aromatic carbocycles. The number of ether oxygens (including phenoxy) is 3. The van der Waals surface area contributed by atoms with E-state index in [0.717, 1.165) is 19.3 Å². The van der Waals surface area contributed by atoms with Crippen LogP contribution in [-0.2, 0) is 49.7 Å². The van der Waals surface area contributed by atoms with E-state index in [1.165, 1.54) is 11.1 Å². The minimum atomic E-state index is -1.29. The average molecular weight is 599 g/mol. The van der Waals surface area contributed by atoms with E-state index < -0.39 is 36.0 Å². The molecular weight excluding hydrogens is 571 g/mol. The van der Waals surface area contributed by atoms with Crippen LogP contribution in [0.15, 0.2) is 60.7 Å². The van der Waals surface area contributed by atoms with Gasteiger partial charge in [-0.3, -0.25) is 9.59 Å². The molecule has 214 valence electrons. The van der Waals surface area contributed by atoms with Crippen molar-refractivity contribution in [3.8, 4) is 5.75 Å². The van der Waals surface area contributed by atoms with Crippen LogP contribution >= 0.6 is 23.2 Å². The molecule has 41 heavy (non-hydrogen) atoms. The zero-order valence-corrected chi connectivity index (χ0v) is 23.4. The van der Waals surface area contributed by atoms with E-state index in [1.807, 2.05) is 18.2 Å². The van der Waals surface area contributed by atoms with Gasteiger partial charge in [0.2, 0.25) is 0 Å². The molecule has 2 amide bonds. The van der Waals surface area contributed by atoms with Crippen LogP contribution in [0.5, 0.6) is 5.75 Å². The number of aryl methyl sites for hydroxylation is 2. The minimum absolute atomic E-state index is 0.00272. The molecule has 0 radical (unpaired) electrons. The number of hydrogen-bond acceptors (Lipinski definition) is 6. The summed E-state index contributed by atoms with van der Waals surface area (Å²) in [5.74, 6) is -1.99. The molecule has 3 N–H and O–H groups in total. The number of carbonyl (C=O) groups excluding carboxylic acids is 2. The van der Waals surface area contributed by atoms with Gasteiger partial charge in [-0.15, -0.1) is 0 Å². The minimum Gasteiger partial charge on any atom is -0.489 e. The van der Waals surface area contributed by atoms with Crippen molar-refractivity contribution in [2.75, 3.05) is 12.1 Å². The topological polar surface area (TPSA) is 123 Å². The van der Waals surface area contributed by atoms with Crippen LogP contribution in [0.3, 0.4) is 0 Å². The van der Waals surface area contributed by atoms with Crippen molar-refractivity contribution in [1.82, 2.24) is 5.32 Å². The number of carbonyl (C=O) groups is 3. The van der Waals surface area contributed by atoms with E-state index in [0.29, 0.717) is 32.6 Å². The first-order chi connectivity index (χ1) is 19.8. The van der Waals surface area contributed by atoms with Crippen molar-refractivity contribution in [3.63, 3.8) is 0 Å². The number of hydrogen-bond donors (Lipinski definition) is 3. The molecule has 11 heteroatoms. The second-order valence-corrected chi connectivity index (χ2v) is 10.7. The maximum atomic E-state index is 13.0. The molecule has 0 spiro atoms. The Bertz CT molecular complexity index is 1430. The third kappa shape index (κ3) is 7.00. The first kappa shape index (κ1) is 28.9. The lowest BCUT2D eigenvalue weighted by Crippen LogP contribution is -2.51. The zero-order chi connectivity index (χ0) is 28.9. The molecule has 1 fully saturated rings. The lowest BCUT2D eigenvalue weighted by atomic mass is 10.0. The van der Waals surface area contributed by atoms with Crippen molar-refractivity contribution in [2.24, 2.45) is 0 Å². The predicted molar refractivity (Wildman–Crippen MR) is 152 cm³/mol. The van der Waals surface area contributed by atoms with Crippen molar-refractivity contribution in [2.45, 2.75) is 50.5 Å². The Morgan fingerprint density at radius 1 is 0.927 bits per heavy atom. The zero-order valence-electron chi connectivity index (χ0n) is 21.9. The van der Waals surface area contributed by atoms with E-state index in [1.54, 1.807) is 42.5 Å². The van der Waals surface area contributed by atoms with Crippen LogP contribution in [0.4, 0.5) is 5.69 Å². The van der Waals surface area contributed by atoms with E-state index >= 15 is 0 Å². The molecule has 2 aliphatic rings. The van der Waals surface area contributed by atoms with Crippen molar-refractivity contribution in [1.29, 1.82) is 0 Å². The SMILES string of the molecule is O=C(O)C(Cc1ccc(OCc2c(Cl)cccc2Cl)cc1)NC(=O)C1OCOC1C(=O)Nc1ccc2c(c1)CCC2. The first-order valence-corrected chi connectivity index (χ1v) is 13.9. The van der Waals surface area contributed by atoms with Gasteiger partial charge in [-0.2, -0.15) is 0 Å². The maximum Gasteiger partial charge on any atom is 0.326 e. The highest BCUT2D eigenvalue weighted by atomic mass is 35.5. The van der Waals surface area contributed by atoms with Crippen LogP contribution in [0.1, 0.15) is 28.7 Å². The highest BCUT2D eigenvalue weighted by molar-refractivity contribution is 6.35. The lowest BCUT2D eigenvalue weighted by molar-refractivity contribution is -0.144. The van der Waals surface area contributed by atoms with Gasteiger partial charge in [-0.25, -0.2) is 4.79 Å². The monoisotopic (exact) mass is 598 g/mol. The predicted octanol–water partition coefficient (Wildman–Crippen LogP) is 4.55. The fourth-order valence-corrected chi connectivity index (χ4v) is 5.39. The number of anilines is 1. The third-order valence-corrected chi connectivity index (χ3v) is 7.78. The fourth-order valence-electron chi connectivity index (χ4n) is 4.89. The second kappa shape index (κ2) is 12.9. The molecule has 3 aromatic rings. The molecular formula is C30H28Cl2N2O7. The smallest absolute Gasteiger partial charge is 0.326 e. The van der Waals surface area contributed by atoms with Gasteiger partial charge in [0.1, 0.15) is 25.2 Å². The average Bonchev–Trinajstić information content (AvgIpc) is 3.63. The number of rotatable bonds is 10. The van der Waals surface area contributed by atoms with Gasteiger partial charge in [-0.1, -0.05) is 47.5 Å². The molecule has 1 heterocycles. The highest BCUT2D eigenvalue weighted by Gasteiger charge is 2.41. The van der Waals surface area contributed by atoms with E-state index in [2.05, 4.69) is 10.6 Å². The van der Waals surface area contributed by atoms with Crippen molar-refractivity contribution >= 4 is 46.7 Å². The number of nitrogens with one attached hydrogen (secondary N) is 2. The Morgan fingerprint density at radius 2 is 1.61 bits per heavy atom. The largest absolute Gasteiger partial charge is 0.489 e. The molecule has 0 aromatic heterocycles. The number of amides is 2. The molecule has 0 saturated carbocycles. The lowest BCUT2D eigenvalue weighted by Gasteiger charge is -2.20. The number of benzene rings is 3. The summed E-state index contributed by atoms with van der Waals surface area (Å²) in [6, 6.07) is 16.4. The van der Waals surface area contributed by atoms with Gasteiger partial charge in [-0.05, 0) is 72.4 Å². The van der Waals surface area contributed by atoms with E-state index in [4.69, 9.17) is 37.4 Å². The van der Waals surface area contributed by atoms with Crippen LogP contribution in [-0.4, -0.2) is 47.9 Å². The first-order valence-electron chi connectivity index (χ1n) is 13.1. The van der Waals surface area contributed by atoms with Crippen molar-refractivity contribution in [3.05, 3.63) is 93.0 Å². The Balaban J connectivity index is 1.17. The summed E-state index contributed by atoms with van der Waals surface area (Å²) in [4.78, 5) is 37.9. The Hall–Kier alpha value is -3.63. The van der Waals surface area contributed by atoms with Gasteiger partial charge in [0, 0.05) is 27.7 Å². The van der Waals surface area contributed by atoms with Crippen LogP contribution in [0.25, 0.3) is 0 Å². The highest BCUT2D eigenvalue weighted by Crippen LogP contribution is 2.27. The summed E-state index contributed by atoms with van der Waals surface area (Å²) in [7, 11) is 0. The Morgan fingerprint density at radius 3 is 2.32 bits per heavy atom. The Labute approximate surface area is 246 Å². The number of aliphatic carboxylic acids is 1. The molecule has 5 rings (SSSR count). The van der Waals surface area contributed by atoms with Gasteiger partial charge in [0.15, 0.2) is 12.2 Å².